The van der Waals surface area contributed by atoms with Crippen LogP contribution in [0.5, 0.6) is 0 Å². The molecule has 0 heterocycles. The van der Waals surface area contributed by atoms with Crippen LogP contribution in [0.15, 0.2) is 0 Å². The maximum Gasteiger partial charge on any atom is 0.186 e. The molecule has 0 aliphatic rings. The lowest BCUT2D eigenvalue weighted by atomic mass is 10.2. The Hall–Kier alpha value is -0.0200. The molecule has 0 aromatic heterocycles. The van der Waals surface area contributed by atoms with Crippen molar-refractivity contribution < 1.29 is 9.28 Å². The van der Waals surface area contributed by atoms with E-state index in [-0.39, 0.29) is 5.12 Å². The number of quaternary nitrogens is 1. The molecule has 2 atom stereocenters. The molecule has 0 aromatic carbocycles. The third-order valence-corrected chi connectivity index (χ3v) is 4.25. The van der Waals surface area contributed by atoms with Gasteiger partial charge in [0, 0.05) is 6.92 Å². The average Bonchev–Trinajstić information content (AvgIpc) is 2.25. The summed E-state index contributed by atoms with van der Waals surface area (Å²) in [5, 5.41) is 0.689. The molecule has 0 saturated carbocycles. The Morgan fingerprint density at radius 1 is 1.18 bits per heavy atom. The molecule has 0 amide bonds. The molecule has 0 aliphatic heterocycles. The number of hydrogen-bond donors (Lipinski definition) is 0. The summed E-state index contributed by atoms with van der Waals surface area (Å²) >= 11 is 1.50. The summed E-state index contributed by atoms with van der Waals surface area (Å²) in [4.78, 5) is 11.2. The first kappa shape index (κ1) is 17.0. The molecule has 0 fully saturated rings. The highest BCUT2D eigenvalue weighted by Crippen LogP contribution is 2.19. The molecule has 0 saturated heterocycles. The molecule has 0 bridgehead atoms. The Labute approximate surface area is 112 Å². The van der Waals surface area contributed by atoms with Gasteiger partial charge < -0.3 is 4.48 Å². The van der Waals surface area contributed by atoms with Gasteiger partial charge in [-0.1, -0.05) is 32.0 Å². The summed E-state index contributed by atoms with van der Waals surface area (Å²) in [5.41, 5.74) is 0. The first-order valence-electron chi connectivity index (χ1n) is 7.02. The van der Waals surface area contributed by atoms with Crippen LogP contribution in [0, 0.1) is 0 Å². The van der Waals surface area contributed by atoms with Crippen LogP contribution in [0.1, 0.15) is 53.9 Å². The minimum absolute atomic E-state index is 0.249. The SMILES string of the molecule is CCCC[N+](CC)(CCC)CC(C)SC(C)=O. The molecule has 102 valence electrons. The molecule has 2 unspecified atom stereocenters. The van der Waals surface area contributed by atoms with E-state index in [1.807, 2.05) is 0 Å². The predicted octanol–water partition coefficient (Wildman–Crippen LogP) is 3.70. The number of nitrogens with zero attached hydrogens (tertiary/aromatic N) is 1. The van der Waals surface area contributed by atoms with Crippen LogP contribution in [0.4, 0.5) is 0 Å². The normalized spacial score (nSPS) is 16.5. The second kappa shape index (κ2) is 8.98. The van der Waals surface area contributed by atoms with Crippen molar-refractivity contribution in [2.75, 3.05) is 26.2 Å². The standard InChI is InChI=1S/C14H30NOS/c1-6-9-11-15(8-3,10-7-2)12-13(4)17-14(5)16/h13H,6-12H2,1-5H3/q+1. The van der Waals surface area contributed by atoms with Crippen molar-refractivity contribution in [3.63, 3.8) is 0 Å². The highest BCUT2D eigenvalue weighted by molar-refractivity contribution is 8.14. The molecule has 0 N–H and O–H groups in total. The number of carbonyl (C=O) groups excluding carboxylic acids is 1. The van der Waals surface area contributed by atoms with Gasteiger partial charge in [0.25, 0.3) is 0 Å². The Morgan fingerprint density at radius 2 is 1.82 bits per heavy atom. The zero-order chi connectivity index (χ0) is 13.3. The van der Waals surface area contributed by atoms with Crippen molar-refractivity contribution in [1.82, 2.24) is 0 Å². The van der Waals surface area contributed by atoms with Gasteiger partial charge in [0.2, 0.25) is 0 Å². The summed E-state index contributed by atoms with van der Waals surface area (Å²) < 4.78 is 1.19. The third kappa shape index (κ3) is 7.10. The van der Waals surface area contributed by atoms with Crippen LogP contribution in [0.2, 0.25) is 0 Å². The van der Waals surface area contributed by atoms with Gasteiger partial charge in [-0.3, -0.25) is 4.79 Å². The molecule has 2 nitrogen and oxygen atoms in total. The zero-order valence-corrected chi connectivity index (χ0v) is 13.1. The predicted molar refractivity (Wildman–Crippen MR) is 78.3 cm³/mol. The van der Waals surface area contributed by atoms with Crippen LogP contribution in [-0.2, 0) is 4.79 Å². The van der Waals surface area contributed by atoms with Crippen molar-refractivity contribution in [2.45, 2.75) is 59.1 Å². The second-order valence-electron chi connectivity index (χ2n) is 5.06. The lowest BCUT2D eigenvalue weighted by Gasteiger charge is -2.39. The van der Waals surface area contributed by atoms with Gasteiger partial charge in [-0.05, 0) is 26.7 Å². The molecular weight excluding hydrogens is 230 g/mol. The minimum Gasteiger partial charge on any atom is -0.323 e. The quantitative estimate of drug-likeness (QED) is 0.588. The monoisotopic (exact) mass is 260 g/mol. The van der Waals surface area contributed by atoms with E-state index in [1.165, 1.54) is 55.1 Å². The van der Waals surface area contributed by atoms with E-state index in [9.17, 15) is 4.79 Å². The fourth-order valence-corrected chi connectivity index (χ4v) is 3.53. The minimum atomic E-state index is 0.249. The first-order chi connectivity index (χ1) is 7.99. The number of thioether (sulfide) groups is 1. The summed E-state index contributed by atoms with van der Waals surface area (Å²) in [7, 11) is 0. The topological polar surface area (TPSA) is 17.1 Å². The Morgan fingerprint density at radius 3 is 2.24 bits per heavy atom. The summed E-state index contributed by atoms with van der Waals surface area (Å²) in [6, 6.07) is 0. The van der Waals surface area contributed by atoms with E-state index >= 15 is 0 Å². The van der Waals surface area contributed by atoms with E-state index in [0.717, 1.165) is 6.54 Å². The largest absolute Gasteiger partial charge is 0.323 e. The highest BCUT2D eigenvalue weighted by Gasteiger charge is 2.27. The van der Waals surface area contributed by atoms with Gasteiger partial charge in [0.1, 0.15) is 0 Å². The lowest BCUT2D eigenvalue weighted by molar-refractivity contribution is -0.926. The van der Waals surface area contributed by atoms with Gasteiger partial charge in [0.15, 0.2) is 5.12 Å². The van der Waals surface area contributed by atoms with Crippen LogP contribution >= 0.6 is 11.8 Å². The molecule has 0 rings (SSSR count). The molecule has 0 aromatic rings. The van der Waals surface area contributed by atoms with Crippen LogP contribution in [0.25, 0.3) is 0 Å². The van der Waals surface area contributed by atoms with Gasteiger partial charge in [-0.25, -0.2) is 0 Å². The molecule has 3 heteroatoms. The molecule has 0 aliphatic carbocycles. The average molecular weight is 260 g/mol. The Kier molecular flexibility index (Phi) is 8.97. The maximum atomic E-state index is 11.2. The van der Waals surface area contributed by atoms with Gasteiger partial charge in [-0.15, -0.1) is 0 Å². The Bertz CT molecular complexity index is 220. The summed E-state index contributed by atoms with van der Waals surface area (Å²) in [5.74, 6) is 0. The lowest BCUT2D eigenvalue weighted by Crippen LogP contribution is -2.52. The molecular formula is C14H30NOS+. The second-order valence-corrected chi connectivity index (χ2v) is 6.68. The zero-order valence-electron chi connectivity index (χ0n) is 12.3. The molecule has 0 spiro atoms. The number of rotatable bonds is 9. The molecule has 0 radical (unpaired) electrons. The van der Waals surface area contributed by atoms with Gasteiger partial charge in [-0.2, -0.15) is 0 Å². The maximum absolute atomic E-state index is 11.2. The third-order valence-electron chi connectivity index (χ3n) is 3.37. The van der Waals surface area contributed by atoms with Crippen molar-refractivity contribution in [2.24, 2.45) is 0 Å². The number of unbranched alkanes of at least 4 members (excludes halogenated alkanes) is 1. The van der Waals surface area contributed by atoms with Crippen molar-refractivity contribution in [1.29, 1.82) is 0 Å². The number of hydrogen-bond acceptors (Lipinski definition) is 2. The highest BCUT2D eigenvalue weighted by atomic mass is 32.2. The van der Waals surface area contributed by atoms with Crippen LogP contribution in [-0.4, -0.2) is 41.0 Å². The van der Waals surface area contributed by atoms with Crippen molar-refractivity contribution in [3.8, 4) is 0 Å². The Balaban J connectivity index is 4.47. The van der Waals surface area contributed by atoms with Gasteiger partial charge in [0.05, 0.1) is 31.4 Å². The smallest absolute Gasteiger partial charge is 0.186 e. The van der Waals surface area contributed by atoms with E-state index < -0.39 is 0 Å². The fraction of sp³-hybridized carbons (Fsp3) is 0.929. The number of carbonyl (C=O) groups is 1. The van der Waals surface area contributed by atoms with E-state index in [0.29, 0.717) is 5.25 Å². The van der Waals surface area contributed by atoms with E-state index in [1.54, 1.807) is 6.92 Å². The fourth-order valence-electron chi connectivity index (χ4n) is 2.57. The van der Waals surface area contributed by atoms with E-state index in [2.05, 4.69) is 27.7 Å². The van der Waals surface area contributed by atoms with Gasteiger partial charge >= 0.3 is 0 Å². The van der Waals surface area contributed by atoms with Crippen molar-refractivity contribution in [3.05, 3.63) is 0 Å². The first-order valence-corrected chi connectivity index (χ1v) is 7.90. The van der Waals surface area contributed by atoms with E-state index in [4.69, 9.17) is 0 Å². The van der Waals surface area contributed by atoms with Crippen LogP contribution < -0.4 is 0 Å². The van der Waals surface area contributed by atoms with Crippen LogP contribution in [0.3, 0.4) is 0 Å². The summed E-state index contributed by atoms with van der Waals surface area (Å²) in [6.07, 6.45) is 3.79. The van der Waals surface area contributed by atoms with Crippen molar-refractivity contribution >= 4 is 16.9 Å². The summed E-state index contributed by atoms with van der Waals surface area (Å²) in [6.45, 7) is 15.5. The molecule has 17 heavy (non-hydrogen) atoms.